The maximum absolute atomic E-state index is 5.87. The van der Waals surface area contributed by atoms with Gasteiger partial charge in [0.1, 0.15) is 0 Å². The second kappa shape index (κ2) is 5.34. The Morgan fingerprint density at radius 2 is 2.33 bits per heavy atom. The van der Waals surface area contributed by atoms with Crippen LogP contribution in [0, 0.1) is 0 Å². The van der Waals surface area contributed by atoms with E-state index >= 15 is 0 Å². The summed E-state index contributed by atoms with van der Waals surface area (Å²) in [5.41, 5.74) is 1.16. The summed E-state index contributed by atoms with van der Waals surface area (Å²) in [7, 11) is 2.21. The molecule has 2 aliphatic rings. The predicted octanol–water partition coefficient (Wildman–Crippen LogP) is 0.986. The molecule has 3 heterocycles. The number of pyridine rings is 1. The fourth-order valence-electron chi connectivity index (χ4n) is 2.97. The number of rotatable bonds is 2. The van der Waals surface area contributed by atoms with Gasteiger partial charge < -0.3 is 4.74 Å². The Kier molecular flexibility index (Phi) is 3.59. The van der Waals surface area contributed by atoms with E-state index in [9.17, 15) is 0 Å². The SMILES string of the molecule is CN1CCO[C@H]2CCN(Cc3ccccn3)C[C@@H]21. The molecule has 0 N–H and O–H groups in total. The minimum absolute atomic E-state index is 0.434. The number of likely N-dealkylation sites (tertiary alicyclic amines) is 1. The van der Waals surface area contributed by atoms with Crippen LogP contribution in [0.2, 0.25) is 0 Å². The smallest absolute Gasteiger partial charge is 0.0755 e. The molecular weight excluding hydrogens is 226 g/mol. The van der Waals surface area contributed by atoms with Crippen molar-refractivity contribution in [3.8, 4) is 0 Å². The first-order valence-corrected chi connectivity index (χ1v) is 6.77. The average Bonchev–Trinajstić information content (AvgIpc) is 2.41. The number of morpholine rings is 1. The van der Waals surface area contributed by atoms with Gasteiger partial charge >= 0.3 is 0 Å². The lowest BCUT2D eigenvalue weighted by Gasteiger charge is -2.45. The minimum atomic E-state index is 0.434. The van der Waals surface area contributed by atoms with E-state index in [0.717, 1.165) is 44.9 Å². The molecule has 2 atom stereocenters. The second-order valence-corrected chi connectivity index (χ2v) is 5.30. The largest absolute Gasteiger partial charge is 0.375 e. The molecule has 18 heavy (non-hydrogen) atoms. The zero-order valence-electron chi connectivity index (χ0n) is 11.0. The third-order valence-electron chi connectivity index (χ3n) is 4.06. The molecule has 0 radical (unpaired) electrons. The minimum Gasteiger partial charge on any atom is -0.375 e. The summed E-state index contributed by atoms with van der Waals surface area (Å²) in [6, 6.07) is 6.69. The molecule has 98 valence electrons. The van der Waals surface area contributed by atoms with Crippen molar-refractivity contribution in [2.24, 2.45) is 0 Å². The first-order valence-electron chi connectivity index (χ1n) is 6.77. The van der Waals surface area contributed by atoms with Gasteiger partial charge in [-0.05, 0) is 25.6 Å². The van der Waals surface area contributed by atoms with Crippen molar-refractivity contribution in [3.63, 3.8) is 0 Å². The zero-order valence-corrected chi connectivity index (χ0v) is 11.0. The maximum atomic E-state index is 5.87. The van der Waals surface area contributed by atoms with Crippen LogP contribution in [0.15, 0.2) is 24.4 Å². The highest BCUT2D eigenvalue weighted by molar-refractivity contribution is 5.04. The maximum Gasteiger partial charge on any atom is 0.0755 e. The fourth-order valence-corrected chi connectivity index (χ4v) is 2.97. The molecule has 0 aromatic carbocycles. The monoisotopic (exact) mass is 247 g/mol. The van der Waals surface area contributed by atoms with Crippen LogP contribution in [0.3, 0.4) is 0 Å². The molecule has 4 heteroatoms. The van der Waals surface area contributed by atoms with E-state index < -0.39 is 0 Å². The van der Waals surface area contributed by atoms with Crippen molar-refractivity contribution in [2.45, 2.75) is 25.1 Å². The number of fused-ring (bicyclic) bond motifs is 1. The van der Waals surface area contributed by atoms with E-state index in [-0.39, 0.29) is 0 Å². The number of likely N-dealkylation sites (N-methyl/N-ethyl adjacent to an activating group) is 1. The summed E-state index contributed by atoms with van der Waals surface area (Å²) in [6.45, 7) is 5.11. The summed E-state index contributed by atoms with van der Waals surface area (Å²) < 4.78 is 5.87. The summed E-state index contributed by atoms with van der Waals surface area (Å²) in [5, 5.41) is 0. The summed E-state index contributed by atoms with van der Waals surface area (Å²) in [5.74, 6) is 0. The van der Waals surface area contributed by atoms with Crippen LogP contribution in [0.5, 0.6) is 0 Å². The Balaban J connectivity index is 1.62. The van der Waals surface area contributed by atoms with Crippen molar-refractivity contribution >= 4 is 0 Å². The van der Waals surface area contributed by atoms with Crippen LogP contribution in [-0.4, -0.2) is 60.2 Å². The first kappa shape index (κ1) is 12.1. The summed E-state index contributed by atoms with van der Waals surface area (Å²) in [4.78, 5) is 9.35. The van der Waals surface area contributed by atoms with Crippen LogP contribution in [-0.2, 0) is 11.3 Å². The molecule has 1 aromatic heterocycles. The van der Waals surface area contributed by atoms with Crippen LogP contribution in [0.1, 0.15) is 12.1 Å². The Hall–Kier alpha value is -0.970. The molecule has 0 saturated carbocycles. The summed E-state index contributed by atoms with van der Waals surface area (Å²) >= 11 is 0. The lowest BCUT2D eigenvalue weighted by molar-refractivity contribution is -0.0958. The van der Waals surface area contributed by atoms with Gasteiger partial charge in [-0.1, -0.05) is 6.07 Å². The van der Waals surface area contributed by atoms with E-state index in [2.05, 4.69) is 34.0 Å². The Bertz CT molecular complexity index is 384. The van der Waals surface area contributed by atoms with Gasteiger partial charge in [-0.25, -0.2) is 0 Å². The van der Waals surface area contributed by atoms with Crippen molar-refractivity contribution < 1.29 is 4.74 Å². The van der Waals surface area contributed by atoms with E-state index in [1.165, 1.54) is 0 Å². The average molecular weight is 247 g/mol. The second-order valence-electron chi connectivity index (χ2n) is 5.30. The number of aromatic nitrogens is 1. The van der Waals surface area contributed by atoms with Crippen LogP contribution < -0.4 is 0 Å². The van der Waals surface area contributed by atoms with Gasteiger partial charge in [0.2, 0.25) is 0 Å². The van der Waals surface area contributed by atoms with Gasteiger partial charge in [-0.3, -0.25) is 14.8 Å². The number of nitrogens with zero attached hydrogens (tertiary/aromatic N) is 3. The summed E-state index contributed by atoms with van der Waals surface area (Å²) in [6.07, 6.45) is 3.45. The predicted molar refractivity (Wildman–Crippen MR) is 70.3 cm³/mol. The highest BCUT2D eigenvalue weighted by Crippen LogP contribution is 2.22. The topological polar surface area (TPSA) is 28.6 Å². The van der Waals surface area contributed by atoms with Crippen molar-refractivity contribution in [1.29, 1.82) is 0 Å². The van der Waals surface area contributed by atoms with E-state index in [1.54, 1.807) is 0 Å². The molecule has 0 unspecified atom stereocenters. The van der Waals surface area contributed by atoms with Gasteiger partial charge in [-0.15, -0.1) is 0 Å². The van der Waals surface area contributed by atoms with Gasteiger partial charge in [0.15, 0.2) is 0 Å². The van der Waals surface area contributed by atoms with Crippen LogP contribution in [0.4, 0.5) is 0 Å². The van der Waals surface area contributed by atoms with Gasteiger partial charge in [0.25, 0.3) is 0 Å². The van der Waals surface area contributed by atoms with Gasteiger partial charge in [0.05, 0.1) is 18.4 Å². The van der Waals surface area contributed by atoms with E-state index in [1.807, 2.05) is 12.3 Å². The normalized spacial score (nSPS) is 30.1. The molecular formula is C14H21N3O. The molecule has 0 bridgehead atoms. The van der Waals surface area contributed by atoms with Crippen molar-refractivity contribution in [2.75, 3.05) is 33.3 Å². The molecule has 3 rings (SSSR count). The number of hydrogen-bond donors (Lipinski definition) is 0. The lowest BCUT2D eigenvalue weighted by atomic mass is 9.99. The zero-order chi connectivity index (χ0) is 12.4. The third-order valence-corrected chi connectivity index (χ3v) is 4.06. The molecule has 4 nitrogen and oxygen atoms in total. The Morgan fingerprint density at radius 3 is 3.17 bits per heavy atom. The molecule has 0 aliphatic carbocycles. The molecule has 1 aromatic rings. The van der Waals surface area contributed by atoms with Crippen LogP contribution in [0.25, 0.3) is 0 Å². The standard InChI is InChI=1S/C14H21N3O/c1-16-8-9-18-14-5-7-17(11-13(14)16)10-12-4-2-3-6-15-12/h2-4,6,13-14H,5,7-11H2,1H3/t13-,14-/m0/s1. The Labute approximate surface area is 109 Å². The van der Waals surface area contributed by atoms with E-state index in [4.69, 9.17) is 4.74 Å². The molecule has 0 spiro atoms. The van der Waals surface area contributed by atoms with Crippen LogP contribution >= 0.6 is 0 Å². The lowest BCUT2D eigenvalue weighted by Crippen LogP contribution is -2.58. The van der Waals surface area contributed by atoms with Gasteiger partial charge in [0, 0.05) is 38.4 Å². The Morgan fingerprint density at radius 1 is 1.39 bits per heavy atom. The quantitative estimate of drug-likeness (QED) is 0.779. The molecule has 2 saturated heterocycles. The third kappa shape index (κ3) is 2.55. The molecule has 2 aliphatic heterocycles. The highest BCUT2D eigenvalue weighted by Gasteiger charge is 2.35. The molecule has 2 fully saturated rings. The molecule has 0 amide bonds. The fraction of sp³-hybridized carbons (Fsp3) is 0.643. The van der Waals surface area contributed by atoms with E-state index in [0.29, 0.717) is 12.1 Å². The number of hydrogen-bond acceptors (Lipinski definition) is 4. The highest BCUT2D eigenvalue weighted by atomic mass is 16.5. The number of ether oxygens (including phenoxy) is 1. The van der Waals surface area contributed by atoms with Crippen molar-refractivity contribution in [1.82, 2.24) is 14.8 Å². The van der Waals surface area contributed by atoms with Gasteiger partial charge in [-0.2, -0.15) is 0 Å². The van der Waals surface area contributed by atoms with Crippen molar-refractivity contribution in [3.05, 3.63) is 30.1 Å². The number of piperidine rings is 1. The first-order chi connectivity index (χ1) is 8.83.